The van der Waals surface area contributed by atoms with Gasteiger partial charge in [-0.2, -0.15) is 0 Å². The fraction of sp³-hybridized carbons (Fsp3) is 0.214. The lowest BCUT2D eigenvalue weighted by molar-refractivity contribution is 0.539. The molecule has 2 aromatic rings. The molecular weight excluding hydrogens is 248 g/mol. The first-order valence-electron chi connectivity index (χ1n) is 5.91. The summed E-state index contributed by atoms with van der Waals surface area (Å²) in [5, 5.41) is 0. The maximum atomic E-state index is 13.2. The number of halogens is 2. The number of hydrogen-bond acceptors (Lipinski definition) is 3. The van der Waals surface area contributed by atoms with Crippen LogP contribution in [0.5, 0.6) is 0 Å². The molecule has 0 spiro atoms. The molecule has 19 heavy (non-hydrogen) atoms. The zero-order valence-electron chi connectivity index (χ0n) is 10.5. The van der Waals surface area contributed by atoms with E-state index in [0.29, 0.717) is 12.0 Å². The van der Waals surface area contributed by atoms with Crippen LogP contribution >= 0.6 is 0 Å². The summed E-state index contributed by atoms with van der Waals surface area (Å²) in [4.78, 5) is 3.80. The molecule has 1 aromatic carbocycles. The third-order valence-corrected chi connectivity index (χ3v) is 3.06. The Morgan fingerprint density at radius 3 is 2.63 bits per heavy atom. The molecule has 1 heterocycles. The van der Waals surface area contributed by atoms with Crippen LogP contribution in [0.2, 0.25) is 0 Å². The zero-order valence-corrected chi connectivity index (χ0v) is 10.5. The lowest BCUT2D eigenvalue weighted by Gasteiger charge is -2.17. The average Bonchev–Trinajstić information content (AvgIpc) is 2.38. The summed E-state index contributed by atoms with van der Waals surface area (Å²) >= 11 is 0. The number of hydrogen-bond donors (Lipinski definition) is 2. The van der Waals surface area contributed by atoms with Gasteiger partial charge in [0.2, 0.25) is 0 Å². The number of pyridine rings is 1. The highest BCUT2D eigenvalue weighted by Gasteiger charge is 2.13. The van der Waals surface area contributed by atoms with Crippen LogP contribution in [0.1, 0.15) is 22.7 Å². The Hall–Kier alpha value is -1.85. The molecule has 5 heteroatoms. The van der Waals surface area contributed by atoms with E-state index in [0.717, 1.165) is 17.3 Å². The monoisotopic (exact) mass is 263 g/mol. The minimum Gasteiger partial charge on any atom is -0.271 e. The van der Waals surface area contributed by atoms with Gasteiger partial charge in [-0.05, 0) is 48.2 Å². The van der Waals surface area contributed by atoms with Crippen molar-refractivity contribution < 1.29 is 8.78 Å². The van der Waals surface area contributed by atoms with E-state index in [9.17, 15) is 8.78 Å². The third kappa shape index (κ3) is 3.33. The van der Waals surface area contributed by atoms with Crippen molar-refractivity contribution in [2.45, 2.75) is 19.4 Å². The second kappa shape index (κ2) is 5.86. The van der Waals surface area contributed by atoms with Gasteiger partial charge in [0.15, 0.2) is 0 Å². The molecule has 0 fully saturated rings. The molecule has 3 nitrogen and oxygen atoms in total. The normalized spacial score (nSPS) is 12.4. The molecule has 0 saturated heterocycles. The van der Waals surface area contributed by atoms with E-state index >= 15 is 0 Å². The van der Waals surface area contributed by atoms with Gasteiger partial charge in [-0.25, -0.2) is 8.78 Å². The molecule has 100 valence electrons. The van der Waals surface area contributed by atoms with Crippen molar-refractivity contribution in [2.24, 2.45) is 5.84 Å². The second-order valence-corrected chi connectivity index (χ2v) is 4.43. The maximum Gasteiger partial charge on any atom is 0.141 e. The summed E-state index contributed by atoms with van der Waals surface area (Å²) in [6.45, 7) is 1.83. The van der Waals surface area contributed by atoms with Crippen molar-refractivity contribution in [3.8, 4) is 0 Å². The van der Waals surface area contributed by atoms with Crippen molar-refractivity contribution in [3.63, 3.8) is 0 Å². The molecule has 2 rings (SSSR count). The molecule has 1 aromatic heterocycles. The number of nitrogens with one attached hydrogen (secondary N) is 1. The van der Waals surface area contributed by atoms with Crippen LogP contribution in [-0.4, -0.2) is 4.98 Å². The fourth-order valence-electron chi connectivity index (χ4n) is 2.00. The van der Waals surface area contributed by atoms with Gasteiger partial charge in [0, 0.05) is 6.20 Å². The Balaban J connectivity index is 2.24. The van der Waals surface area contributed by atoms with Crippen molar-refractivity contribution in [2.75, 3.05) is 0 Å². The Morgan fingerprint density at radius 1 is 1.21 bits per heavy atom. The summed E-state index contributed by atoms with van der Waals surface area (Å²) in [5.41, 5.74) is 5.08. The average molecular weight is 263 g/mol. The standard InChI is InChI=1S/C14H15F2N3/c1-9-4-12(15)3-2-10(9)6-14(19-17)11-5-13(16)8-18-7-11/h2-5,7-8,14,19H,6,17H2,1H3. The van der Waals surface area contributed by atoms with Crippen LogP contribution in [-0.2, 0) is 6.42 Å². The molecule has 0 radical (unpaired) electrons. The van der Waals surface area contributed by atoms with E-state index in [-0.39, 0.29) is 11.9 Å². The highest BCUT2D eigenvalue weighted by Crippen LogP contribution is 2.20. The first-order valence-corrected chi connectivity index (χ1v) is 5.91. The van der Waals surface area contributed by atoms with Gasteiger partial charge in [-0.15, -0.1) is 0 Å². The smallest absolute Gasteiger partial charge is 0.141 e. The minimum absolute atomic E-state index is 0.271. The van der Waals surface area contributed by atoms with Crippen molar-refractivity contribution in [3.05, 3.63) is 65.0 Å². The van der Waals surface area contributed by atoms with Gasteiger partial charge >= 0.3 is 0 Å². The summed E-state index contributed by atoms with van der Waals surface area (Å²) in [6.07, 6.45) is 3.24. The molecular formula is C14H15F2N3. The number of rotatable bonds is 4. The number of hydrazine groups is 1. The molecule has 3 N–H and O–H groups in total. The molecule has 0 aliphatic rings. The first kappa shape index (κ1) is 13.6. The van der Waals surface area contributed by atoms with Crippen LogP contribution in [0.3, 0.4) is 0 Å². The predicted octanol–water partition coefficient (Wildman–Crippen LogP) is 2.42. The SMILES string of the molecule is Cc1cc(F)ccc1CC(NN)c1cncc(F)c1. The number of benzene rings is 1. The van der Waals surface area contributed by atoms with Gasteiger partial charge in [0.05, 0.1) is 12.2 Å². The largest absolute Gasteiger partial charge is 0.271 e. The van der Waals surface area contributed by atoms with Crippen molar-refractivity contribution in [1.29, 1.82) is 0 Å². The summed E-state index contributed by atoms with van der Waals surface area (Å²) in [6, 6.07) is 5.69. The lowest BCUT2D eigenvalue weighted by Crippen LogP contribution is -2.30. The van der Waals surface area contributed by atoms with Crippen molar-refractivity contribution in [1.82, 2.24) is 10.4 Å². The number of aryl methyl sites for hydroxylation is 1. The molecule has 0 aliphatic carbocycles. The van der Waals surface area contributed by atoms with Crippen LogP contribution in [0.15, 0.2) is 36.7 Å². The highest BCUT2D eigenvalue weighted by atomic mass is 19.1. The predicted molar refractivity (Wildman–Crippen MR) is 69.1 cm³/mol. The Labute approximate surface area is 110 Å². The minimum atomic E-state index is -0.409. The van der Waals surface area contributed by atoms with E-state index in [2.05, 4.69) is 10.4 Å². The quantitative estimate of drug-likeness (QED) is 0.658. The van der Waals surface area contributed by atoms with Crippen LogP contribution in [0, 0.1) is 18.6 Å². The third-order valence-electron chi connectivity index (χ3n) is 3.06. The fourth-order valence-corrected chi connectivity index (χ4v) is 2.00. The Bertz CT molecular complexity index is 572. The maximum absolute atomic E-state index is 13.2. The summed E-state index contributed by atoms with van der Waals surface area (Å²) < 4.78 is 26.2. The van der Waals surface area contributed by atoms with E-state index in [1.54, 1.807) is 12.3 Å². The highest BCUT2D eigenvalue weighted by molar-refractivity contribution is 5.29. The molecule has 0 bridgehead atoms. The van der Waals surface area contributed by atoms with Gasteiger partial charge in [0.1, 0.15) is 11.6 Å². The van der Waals surface area contributed by atoms with E-state index in [4.69, 9.17) is 5.84 Å². The topological polar surface area (TPSA) is 50.9 Å². The number of aromatic nitrogens is 1. The van der Waals surface area contributed by atoms with Gasteiger partial charge in [0.25, 0.3) is 0 Å². The first-order chi connectivity index (χ1) is 9.10. The molecule has 1 atom stereocenters. The Kier molecular flexibility index (Phi) is 4.19. The van der Waals surface area contributed by atoms with Crippen LogP contribution < -0.4 is 11.3 Å². The molecule has 0 saturated carbocycles. The van der Waals surface area contributed by atoms with Gasteiger partial charge in [-0.1, -0.05) is 6.07 Å². The van der Waals surface area contributed by atoms with Gasteiger partial charge < -0.3 is 0 Å². The second-order valence-electron chi connectivity index (χ2n) is 4.43. The van der Waals surface area contributed by atoms with Crippen LogP contribution in [0.4, 0.5) is 8.78 Å². The zero-order chi connectivity index (χ0) is 13.8. The van der Waals surface area contributed by atoms with Crippen molar-refractivity contribution >= 4 is 0 Å². The van der Waals surface area contributed by atoms with Crippen LogP contribution in [0.25, 0.3) is 0 Å². The molecule has 0 amide bonds. The van der Waals surface area contributed by atoms with E-state index < -0.39 is 5.82 Å². The number of nitrogens with two attached hydrogens (primary N) is 1. The Morgan fingerprint density at radius 2 is 2.00 bits per heavy atom. The van der Waals surface area contributed by atoms with E-state index in [1.807, 2.05) is 6.92 Å². The summed E-state index contributed by atoms with van der Waals surface area (Å²) in [7, 11) is 0. The lowest BCUT2D eigenvalue weighted by atomic mass is 9.97. The number of nitrogens with zero attached hydrogens (tertiary/aromatic N) is 1. The molecule has 1 unspecified atom stereocenters. The van der Waals surface area contributed by atoms with Gasteiger partial charge in [-0.3, -0.25) is 16.3 Å². The molecule has 0 aliphatic heterocycles. The van der Waals surface area contributed by atoms with E-state index in [1.165, 1.54) is 18.2 Å². The summed E-state index contributed by atoms with van der Waals surface area (Å²) in [5.74, 6) is 4.83.